The molecule has 7 heteroatoms. The van der Waals surface area contributed by atoms with Gasteiger partial charge in [-0.25, -0.2) is 4.79 Å². The van der Waals surface area contributed by atoms with E-state index < -0.39 is 16.6 Å². The maximum absolute atomic E-state index is 11.4. The lowest BCUT2D eigenvalue weighted by Gasteiger charge is -2.23. The van der Waals surface area contributed by atoms with Gasteiger partial charge in [-0.15, -0.1) is 11.6 Å². The molecule has 0 saturated heterocycles. The average Bonchev–Trinajstić information content (AvgIpc) is 2.89. The summed E-state index contributed by atoms with van der Waals surface area (Å²) in [6.45, 7) is 3.39. The van der Waals surface area contributed by atoms with Crippen LogP contribution in [0.15, 0.2) is 27.4 Å². The minimum atomic E-state index is -0.891. The van der Waals surface area contributed by atoms with Crippen LogP contribution in [-0.2, 0) is 0 Å². The highest BCUT2D eigenvalue weighted by Crippen LogP contribution is 2.46. The van der Waals surface area contributed by atoms with Crippen molar-refractivity contribution in [3.63, 3.8) is 0 Å². The highest BCUT2D eigenvalue weighted by atomic mass is 35.5. The molecule has 0 saturated carbocycles. The molecule has 0 fully saturated rings. The average molecular weight is 327 g/mol. The molecule has 0 bridgehead atoms. The Bertz CT molecular complexity index is 761. The predicted molar refractivity (Wildman–Crippen MR) is 80.0 cm³/mol. The lowest BCUT2D eigenvalue weighted by Crippen LogP contribution is -2.35. The van der Waals surface area contributed by atoms with E-state index in [-0.39, 0.29) is 13.4 Å². The summed E-state index contributed by atoms with van der Waals surface area (Å²) in [6.07, 6.45) is -0.891. The summed E-state index contributed by atoms with van der Waals surface area (Å²) >= 11 is 6.06. The Hall–Kier alpha value is -1.92. The van der Waals surface area contributed by atoms with Crippen LogP contribution >= 0.6 is 11.6 Å². The summed E-state index contributed by atoms with van der Waals surface area (Å²) in [5.74, 6) is 1.20. The van der Waals surface area contributed by atoms with Crippen LogP contribution in [0.3, 0.4) is 0 Å². The van der Waals surface area contributed by atoms with Crippen molar-refractivity contribution < 1.29 is 23.7 Å². The molecular formula is C15H15ClO6. The first kappa shape index (κ1) is 15.0. The monoisotopic (exact) mass is 326 g/mol. The van der Waals surface area contributed by atoms with Crippen LogP contribution < -0.4 is 19.8 Å². The standard InChI is InChI=1S/C15H15ClO6/c1-15(2,16)11(17)6-19-13-8-3-4-12(18)22-9(8)5-10-14(13)21-7-20-10/h3-5,11,17H,6-7H2,1-2H3. The third-order valence-corrected chi connectivity index (χ3v) is 3.65. The number of aliphatic hydroxyl groups is 1. The minimum absolute atomic E-state index is 0.0372. The van der Waals surface area contributed by atoms with Crippen LogP contribution in [0.4, 0.5) is 0 Å². The molecule has 1 aromatic heterocycles. The van der Waals surface area contributed by atoms with Gasteiger partial charge in [-0.05, 0) is 19.9 Å². The number of alkyl halides is 1. The van der Waals surface area contributed by atoms with E-state index in [1.165, 1.54) is 6.07 Å². The van der Waals surface area contributed by atoms with Crippen molar-refractivity contribution in [2.75, 3.05) is 13.4 Å². The molecule has 1 N–H and O–H groups in total. The van der Waals surface area contributed by atoms with Gasteiger partial charge in [-0.1, -0.05) is 0 Å². The topological polar surface area (TPSA) is 78.1 Å². The molecule has 6 nitrogen and oxygen atoms in total. The molecule has 0 amide bonds. The van der Waals surface area contributed by atoms with Crippen molar-refractivity contribution in [2.45, 2.75) is 24.8 Å². The van der Waals surface area contributed by atoms with Gasteiger partial charge in [0.25, 0.3) is 0 Å². The van der Waals surface area contributed by atoms with Crippen LogP contribution in [0.1, 0.15) is 13.8 Å². The number of fused-ring (bicyclic) bond motifs is 2. The molecule has 1 aliphatic rings. The molecule has 22 heavy (non-hydrogen) atoms. The molecule has 1 aliphatic heterocycles. The molecule has 1 unspecified atom stereocenters. The van der Waals surface area contributed by atoms with Crippen molar-refractivity contribution in [1.29, 1.82) is 0 Å². The van der Waals surface area contributed by atoms with E-state index in [9.17, 15) is 9.90 Å². The Morgan fingerprint density at radius 2 is 2.18 bits per heavy atom. The summed E-state index contributed by atoms with van der Waals surface area (Å²) < 4.78 is 21.5. The van der Waals surface area contributed by atoms with E-state index in [4.69, 9.17) is 30.2 Å². The Morgan fingerprint density at radius 1 is 1.41 bits per heavy atom. The second kappa shape index (κ2) is 5.37. The molecule has 1 aromatic carbocycles. The second-order valence-electron chi connectivity index (χ2n) is 5.50. The van der Waals surface area contributed by atoms with Gasteiger partial charge in [0, 0.05) is 12.1 Å². The highest BCUT2D eigenvalue weighted by Gasteiger charge is 2.28. The van der Waals surface area contributed by atoms with Crippen molar-refractivity contribution in [1.82, 2.24) is 0 Å². The van der Waals surface area contributed by atoms with Crippen LogP contribution in [0, 0.1) is 0 Å². The Labute approximate surface area is 131 Å². The SMILES string of the molecule is CC(C)(Cl)C(O)COc1c2c(cc3oc(=O)ccc13)OCO2. The maximum Gasteiger partial charge on any atom is 0.336 e. The first-order valence-electron chi connectivity index (χ1n) is 6.72. The lowest BCUT2D eigenvalue weighted by atomic mass is 10.1. The zero-order valence-corrected chi connectivity index (χ0v) is 12.8. The van der Waals surface area contributed by atoms with Gasteiger partial charge in [0.15, 0.2) is 11.5 Å². The van der Waals surface area contributed by atoms with Crippen LogP contribution in [0.2, 0.25) is 0 Å². The largest absolute Gasteiger partial charge is 0.486 e. The Kier molecular flexibility index (Phi) is 3.66. The van der Waals surface area contributed by atoms with Gasteiger partial charge < -0.3 is 23.7 Å². The summed E-state index contributed by atoms with van der Waals surface area (Å²) in [6, 6.07) is 4.45. The van der Waals surface area contributed by atoms with Crippen molar-refractivity contribution >= 4 is 22.6 Å². The maximum atomic E-state index is 11.4. The zero-order valence-electron chi connectivity index (χ0n) is 12.1. The highest BCUT2D eigenvalue weighted by molar-refractivity contribution is 6.23. The number of hydrogen-bond donors (Lipinski definition) is 1. The fourth-order valence-electron chi connectivity index (χ4n) is 2.04. The van der Waals surface area contributed by atoms with Gasteiger partial charge >= 0.3 is 5.63 Å². The van der Waals surface area contributed by atoms with Crippen molar-refractivity contribution in [2.24, 2.45) is 0 Å². The van der Waals surface area contributed by atoms with E-state index >= 15 is 0 Å². The van der Waals surface area contributed by atoms with Gasteiger partial charge in [0.2, 0.25) is 12.5 Å². The zero-order chi connectivity index (χ0) is 15.9. The first-order valence-corrected chi connectivity index (χ1v) is 7.10. The lowest BCUT2D eigenvalue weighted by molar-refractivity contribution is 0.0795. The molecular weight excluding hydrogens is 312 g/mol. The van der Waals surface area contributed by atoms with Gasteiger partial charge in [-0.2, -0.15) is 0 Å². The Morgan fingerprint density at radius 3 is 2.91 bits per heavy atom. The molecule has 2 heterocycles. The van der Waals surface area contributed by atoms with E-state index in [1.54, 1.807) is 26.0 Å². The van der Waals surface area contributed by atoms with E-state index in [2.05, 4.69) is 0 Å². The Balaban J connectivity index is 2.02. The van der Waals surface area contributed by atoms with E-state index in [1.807, 2.05) is 0 Å². The van der Waals surface area contributed by atoms with Crippen molar-refractivity contribution in [3.8, 4) is 17.2 Å². The molecule has 0 radical (unpaired) electrons. The third-order valence-electron chi connectivity index (χ3n) is 3.39. The van der Waals surface area contributed by atoms with Crippen LogP contribution in [0.5, 0.6) is 17.2 Å². The number of hydrogen-bond acceptors (Lipinski definition) is 6. The molecule has 2 aromatic rings. The quantitative estimate of drug-likeness (QED) is 0.686. The number of halogens is 1. The summed E-state index contributed by atoms with van der Waals surface area (Å²) in [5.41, 5.74) is -0.148. The van der Waals surface area contributed by atoms with E-state index in [0.717, 1.165) is 0 Å². The molecule has 3 rings (SSSR count). The number of aliphatic hydroxyl groups excluding tert-OH is 1. The normalized spacial score (nSPS) is 15.1. The number of ether oxygens (including phenoxy) is 3. The summed E-state index contributed by atoms with van der Waals surface area (Å²) in [4.78, 5) is 10.5. The van der Waals surface area contributed by atoms with Crippen LogP contribution in [-0.4, -0.2) is 29.5 Å². The fourth-order valence-corrected chi connectivity index (χ4v) is 2.11. The first-order chi connectivity index (χ1) is 10.4. The fraction of sp³-hybridized carbons (Fsp3) is 0.400. The molecule has 118 valence electrons. The molecule has 0 spiro atoms. The summed E-state index contributed by atoms with van der Waals surface area (Å²) in [5, 5.41) is 10.6. The predicted octanol–water partition coefficient (Wildman–Crippen LogP) is 2.28. The second-order valence-corrected chi connectivity index (χ2v) is 6.47. The summed E-state index contributed by atoms with van der Waals surface area (Å²) in [7, 11) is 0. The van der Waals surface area contributed by atoms with E-state index in [0.29, 0.717) is 28.2 Å². The molecule has 1 atom stereocenters. The minimum Gasteiger partial charge on any atom is -0.486 e. The third kappa shape index (κ3) is 2.71. The molecule has 0 aliphatic carbocycles. The number of rotatable bonds is 4. The smallest absolute Gasteiger partial charge is 0.336 e. The number of benzene rings is 1. The van der Waals surface area contributed by atoms with Gasteiger partial charge in [0.05, 0.1) is 10.3 Å². The van der Waals surface area contributed by atoms with Gasteiger partial charge in [0.1, 0.15) is 18.3 Å². The van der Waals surface area contributed by atoms with Crippen LogP contribution in [0.25, 0.3) is 11.0 Å². The van der Waals surface area contributed by atoms with Crippen molar-refractivity contribution in [3.05, 3.63) is 28.6 Å². The van der Waals surface area contributed by atoms with Gasteiger partial charge in [-0.3, -0.25) is 0 Å².